The van der Waals surface area contributed by atoms with Crippen LogP contribution in [0.2, 0.25) is 0 Å². The van der Waals surface area contributed by atoms with Crippen molar-refractivity contribution in [2.75, 3.05) is 11.9 Å². The van der Waals surface area contributed by atoms with Gasteiger partial charge in [0.1, 0.15) is 0 Å². The Bertz CT molecular complexity index is 788. The number of H-pyrrole nitrogens is 1. The van der Waals surface area contributed by atoms with E-state index in [4.69, 9.17) is 4.98 Å². The number of hydrogen-bond acceptors (Lipinski definition) is 3. The number of benzene rings is 1. The highest BCUT2D eigenvalue weighted by Gasteiger charge is 2.14. The largest absolute Gasteiger partial charge is 0.384 e. The lowest BCUT2D eigenvalue weighted by Crippen LogP contribution is -2.13. The number of pyridine rings is 1. The molecule has 0 unspecified atom stereocenters. The van der Waals surface area contributed by atoms with E-state index in [0.717, 1.165) is 36.0 Å². The fraction of sp³-hybridized carbons (Fsp3) is 0.250. The minimum atomic E-state index is 1.04. The molecule has 0 fully saturated rings. The van der Waals surface area contributed by atoms with Gasteiger partial charge in [-0.1, -0.05) is 6.07 Å². The van der Waals surface area contributed by atoms with E-state index < -0.39 is 0 Å². The van der Waals surface area contributed by atoms with Crippen LogP contribution in [-0.2, 0) is 6.42 Å². The predicted molar refractivity (Wildman–Crippen MR) is 80.9 cm³/mol. The molecule has 0 spiro atoms. The monoisotopic (exact) mass is 264 g/mol. The van der Waals surface area contributed by atoms with Gasteiger partial charge in [0.25, 0.3) is 0 Å². The van der Waals surface area contributed by atoms with E-state index in [9.17, 15) is 0 Å². The van der Waals surface area contributed by atoms with Gasteiger partial charge in [-0.25, -0.2) is 0 Å². The lowest BCUT2D eigenvalue weighted by atomic mass is 9.99. The Balaban J connectivity index is 1.94. The minimum absolute atomic E-state index is 1.04. The number of anilines is 1. The number of aryl methyl sites for hydroxylation is 2. The van der Waals surface area contributed by atoms with E-state index in [2.05, 4.69) is 46.7 Å². The average Bonchev–Trinajstić information content (AvgIpc) is 2.95. The maximum absolute atomic E-state index is 4.87. The molecule has 3 heterocycles. The third-order valence-electron chi connectivity index (χ3n) is 3.97. The van der Waals surface area contributed by atoms with Crippen molar-refractivity contribution in [3.8, 4) is 11.3 Å². The number of fused-ring (bicyclic) bond motifs is 2. The molecule has 2 aromatic heterocycles. The zero-order valence-corrected chi connectivity index (χ0v) is 11.4. The van der Waals surface area contributed by atoms with Crippen LogP contribution in [-0.4, -0.2) is 21.7 Å². The molecule has 4 nitrogen and oxygen atoms in total. The SMILES string of the molecule is Cc1ccc2[nH]ncc2c1-c1ccc2c(n1)CCCN2. The normalized spacial score (nSPS) is 14.1. The topological polar surface area (TPSA) is 53.6 Å². The predicted octanol–water partition coefficient (Wildman–Crippen LogP) is 3.29. The molecule has 0 amide bonds. The molecule has 4 heteroatoms. The van der Waals surface area contributed by atoms with E-state index >= 15 is 0 Å². The molecule has 0 radical (unpaired) electrons. The molecule has 4 rings (SSSR count). The molecule has 1 aromatic carbocycles. The number of aromatic amines is 1. The second-order valence-corrected chi connectivity index (χ2v) is 5.31. The molecule has 1 aliphatic rings. The summed E-state index contributed by atoms with van der Waals surface area (Å²) in [5.41, 5.74) is 6.87. The third kappa shape index (κ3) is 1.68. The average molecular weight is 264 g/mol. The van der Waals surface area contributed by atoms with Gasteiger partial charge in [-0.3, -0.25) is 10.1 Å². The standard InChI is InChI=1S/C16H16N4/c1-10-4-5-12-11(9-18-20-12)16(10)15-7-6-13-14(19-15)3-2-8-17-13/h4-7,9,17H,2-3,8H2,1H3,(H,18,20). The molecule has 20 heavy (non-hydrogen) atoms. The molecule has 1 aliphatic heterocycles. The Morgan fingerprint density at radius 3 is 3.05 bits per heavy atom. The zero-order chi connectivity index (χ0) is 13.5. The van der Waals surface area contributed by atoms with E-state index in [1.165, 1.54) is 22.5 Å². The Morgan fingerprint density at radius 2 is 2.10 bits per heavy atom. The second kappa shape index (κ2) is 4.34. The van der Waals surface area contributed by atoms with Crippen molar-refractivity contribution in [2.45, 2.75) is 19.8 Å². The fourth-order valence-electron chi connectivity index (χ4n) is 2.94. The Morgan fingerprint density at radius 1 is 1.15 bits per heavy atom. The lowest BCUT2D eigenvalue weighted by molar-refractivity contribution is 0.803. The number of nitrogens with one attached hydrogen (secondary N) is 2. The fourth-order valence-corrected chi connectivity index (χ4v) is 2.94. The maximum Gasteiger partial charge on any atom is 0.0717 e. The van der Waals surface area contributed by atoms with Crippen molar-refractivity contribution < 1.29 is 0 Å². The number of aromatic nitrogens is 3. The van der Waals surface area contributed by atoms with Crippen LogP contribution in [0.15, 0.2) is 30.5 Å². The van der Waals surface area contributed by atoms with E-state index in [1.807, 2.05) is 6.20 Å². The van der Waals surface area contributed by atoms with Gasteiger partial charge in [0.2, 0.25) is 0 Å². The van der Waals surface area contributed by atoms with Crippen LogP contribution in [0.25, 0.3) is 22.2 Å². The van der Waals surface area contributed by atoms with Crippen molar-refractivity contribution in [3.63, 3.8) is 0 Å². The summed E-state index contributed by atoms with van der Waals surface area (Å²) in [4.78, 5) is 4.87. The molecule has 0 saturated carbocycles. The van der Waals surface area contributed by atoms with Gasteiger partial charge in [0.05, 0.1) is 28.8 Å². The highest BCUT2D eigenvalue weighted by molar-refractivity contribution is 5.95. The first kappa shape index (κ1) is 11.5. The van der Waals surface area contributed by atoms with Crippen molar-refractivity contribution in [3.05, 3.63) is 41.7 Å². The van der Waals surface area contributed by atoms with Gasteiger partial charge in [0, 0.05) is 17.5 Å². The molecule has 100 valence electrons. The van der Waals surface area contributed by atoms with Crippen molar-refractivity contribution in [2.24, 2.45) is 0 Å². The molecular weight excluding hydrogens is 248 g/mol. The summed E-state index contributed by atoms with van der Waals surface area (Å²) >= 11 is 0. The molecule has 0 atom stereocenters. The Hall–Kier alpha value is -2.36. The highest BCUT2D eigenvalue weighted by atomic mass is 15.1. The summed E-state index contributed by atoms with van der Waals surface area (Å²) in [7, 11) is 0. The van der Waals surface area contributed by atoms with E-state index in [0.29, 0.717) is 0 Å². The van der Waals surface area contributed by atoms with Crippen LogP contribution in [0.4, 0.5) is 5.69 Å². The van der Waals surface area contributed by atoms with Crippen molar-refractivity contribution >= 4 is 16.6 Å². The quantitative estimate of drug-likeness (QED) is 0.709. The first-order valence-electron chi connectivity index (χ1n) is 7.00. The minimum Gasteiger partial charge on any atom is -0.384 e. The number of rotatable bonds is 1. The van der Waals surface area contributed by atoms with Crippen LogP contribution in [0.1, 0.15) is 17.7 Å². The molecule has 0 saturated heterocycles. The molecular formula is C16H16N4. The summed E-state index contributed by atoms with van der Waals surface area (Å²) < 4.78 is 0. The number of nitrogens with zero attached hydrogens (tertiary/aromatic N) is 2. The number of hydrogen-bond donors (Lipinski definition) is 2. The summed E-state index contributed by atoms with van der Waals surface area (Å²) in [6.45, 7) is 3.17. The summed E-state index contributed by atoms with van der Waals surface area (Å²) in [5.74, 6) is 0. The van der Waals surface area contributed by atoms with Crippen molar-refractivity contribution in [1.29, 1.82) is 0 Å². The van der Waals surface area contributed by atoms with Gasteiger partial charge < -0.3 is 5.32 Å². The summed E-state index contributed by atoms with van der Waals surface area (Å²) in [6.07, 6.45) is 4.09. The smallest absolute Gasteiger partial charge is 0.0717 e. The third-order valence-corrected chi connectivity index (χ3v) is 3.97. The molecule has 0 bridgehead atoms. The van der Waals surface area contributed by atoms with Gasteiger partial charge in [-0.15, -0.1) is 0 Å². The maximum atomic E-state index is 4.87. The van der Waals surface area contributed by atoms with Gasteiger partial charge in [-0.2, -0.15) is 5.10 Å². The van der Waals surface area contributed by atoms with Crippen LogP contribution in [0.3, 0.4) is 0 Å². The van der Waals surface area contributed by atoms with E-state index in [-0.39, 0.29) is 0 Å². The highest BCUT2D eigenvalue weighted by Crippen LogP contribution is 2.32. The van der Waals surface area contributed by atoms with Crippen LogP contribution >= 0.6 is 0 Å². The first-order valence-corrected chi connectivity index (χ1v) is 7.00. The molecule has 3 aromatic rings. The van der Waals surface area contributed by atoms with Crippen molar-refractivity contribution in [1.82, 2.24) is 15.2 Å². The van der Waals surface area contributed by atoms with Crippen LogP contribution in [0, 0.1) is 6.92 Å². The van der Waals surface area contributed by atoms with Gasteiger partial charge in [-0.05, 0) is 43.5 Å². The van der Waals surface area contributed by atoms with Gasteiger partial charge in [0.15, 0.2) is 0 Å². The van der Waals surface area contributed by atoms with Crippen LogP contribution in [0.5, 0.6) is 0 Å². The summed E-state index contributed by atoms with van der Waals surface area (Å²) in [5, 5.41) is 11.7. The van der Waals surface area contributed by atoms with E-state index in [1.54, 1.807) is 0 Å². The second-order valence-electron chi connectivity index (χ2n) is 5.31. The first-order chi connectivity index (χ1) is 9.83. The summed E-state index contributed by atoms with van der Waals surface area (Å²) in [6, 6.07) is 8.44. The Labute approximate surface area is 117 Å². The molecule has 0 aliphatic carbocycles. The zero-order valence-electron chi connectivity index (χ0n) is 11.4. The van der Waals surface area contributed by atoms with Gasteiger partial charge >= 0.3 is 0 Å². The van der Waals surface area contributed by atoms with Crippen LogP contribution < -0.4 is 5.32 Å². The molecule has 2 N–H and O–H groups in total. The lowest BCUT2D eigenvalue weighted by Gasteiger charge is -2.18. The Kier molecular flexibility index (Phi) is 2.49.